The first-order chi connectivity index (χ1) is 14.2. The highest BCUT2D eigenvalue weighted by Crippen LogP contribution is 2.32. The molecule has 1 unspecified atom stereocenters. The summed E-state index contributed by atoms with van der Waals surface area (Å²) < 4.78 is 10.9. The van der Waals surface area contributed by atoms with E-state index in [1.165, 1.54) is 32.1 Å². The quantitative estimate of drug-likeness (QED) is 0.211. The number of rotatable bonds is 15. The van der Waals surface area contributed by atoms with Gasteiger partial charge < -0.3 is 14.6 Å². The summed E-state index contributed by atoms with van der Waals surface area (Å²) in [4.78, 5) is 24.6. The summed E-state index contributed by atoms with van der Waals surface area (Å²) in [7, 11) is 0. The topological polar surface area (TPSA) is 72.8 Å². The molecule has 0 amide bonds. The molecule has 0 spiro atoms. The fraction of sp³-hybridized carbons (Fsp3) is 0.840. The van der Waals surface area contributed by atoms with Crippen molar-refractivity contribution in [2.75, 3.05) is 13.2 Å². The van der Waals surface area contributed by atoms with Crippen LogP contribution in [0.25, 0.3) is 0 Å². The summed E-state index contributed by atoms with van der Waals surface area (Å²) in [5, 5.41) is 9.84. The van der Waals surface area contributed by atoms with Gasteiger partial charge in [-0.25, -0.2) is 4.79 Å². The third-order valence-corrected chi connectivity index (χ3v) is 6.18. The molecular weight excluding hydrogens is 380 g/mol. The lowest BCUT2D eigenvalue weighted by Crippen LogP contribution is -2.39. The Morgan fingerprint density at radius 1 is 1.10 bits per heavy atom. The molecule has 1 saturated heterocycles. The molecule has 0 aromatic rings. The predicted molar refractivity (Wildman–Crippen MR) is 120 cm³/mol. The van der Waals surface area contributed by atoms with Gasteiger partial charge in [0.2, 0.25) is 0 Å². The van der Waals surface area contributed by atoms with Gasteiger partial charge in [-0.05, 0) is 30.6 Å². The minimum Gasteiger partial charge on any atom is -0.461 e. The van der Waals surface area contributed by atoms with Crippen LogP contribution in [0.15, 0.2) is 11.6 Å². The van der Waals surface area contributed by atoms with E-state index in [9.17, 15) is 14.7 Å². The molecular formula is C25H44O5. The van der Waals surface area contributed by atoms with Crippen molar-refractivity contribution in [2.45, 2.75) is 104 Å². The smallest absolute Gasteiger partial charge is 0.334 e. The number of hydrogen-bond donors (Lipinski definition) is 1. The zero-order valence-electron chi connectivity index (χ0n) is 19.9. The van der Waals surface area contributed by atoms with Gasteiger partial charge in [-0.15, -0.1) is 0 Å². The van der Waals surface area contributed by atoms with E-state index in [4.69, 9.17) is 9.47 Å². The molecule has 174 valence electrons. The molecule has 1 atom stereocenters. The van der Waals surface area contributed by atoms with Gasteiger partial charge in [0.1, 0.15) is 6.61 Å². The number of allylic oxidation sites excluding steroid dienone is 1. The largest absolute Gasteiger partial charge is 0.461 e. The van der Waals surface area contributed by atoms with Crippen molar-refractivity contribution in [2.24, 2.45) is 17.8 Å². The van der Waals surface area contributed by atoms with E-state index in [1.807, 2.05) is 6.08 Å². The van der Waals surface area contributed by atoms with Crippen LogP contribution < -0.4 is 0 Å². The number of carbonyl (C=O) groups is 2. The Morgan fingerprint density at radius 2 is 1.70 bits per heavy atom. The van der Waals surface area contributed by atoms with Crippen LogP contribution in [0.2, 0.25) is 0 Å². The highest BCUT2D eigenvalue weighted by molar-refractivity contribution is 5.91. The molecule has 0 bridgehead atoms. The highest BCUT2D eigenvalue weighted by Gasteiger charge is 2.44. The molecule has 1 aliphatic rings. The summed E-state index contributed by atoms with van der Waals surface area (Å²) >= 11 is 0. The molecule has 0 aliphatic carbocycles. The number of ether oxygens (including phenoxy) is 2. The van der Waals surface area contributed by atoms with Gasteiger partial charge in [0, 0.05) is 18.4 Å². The lowest BCUT2D eigenvalue weighted by atomic mass is 9.83. The fourth-order valence-electron chi connectivity index (χ4n) is 4.17. The van der Waals surface area contributed by atoms with Gasteiger partial charge >= 0.3 is 11.9 Å². The lowest BCUT2D eigenvalue weighted by Gasteiger charge is -2.26. The van der Waals surface area contributed by atoms with Crippen molar-refractivity contribution in [3.8, 4) is 0 Å². The van der Waals surface area contributed by atoms with Crippen LogP contribution in [0.4, 0.5) is 0 Å². The molecule has 0 saturated carbocycles. The predicted octanol–water partition coefficient (Wildman–Crippen LogP) is 5.59. The van der Waals surface area contributed by atoms with Gasteiger partial charge in [-0.3, -0.25) is 4.79 Å². The third-order valence-electron chi connectivity index (χ3n) is 6.18. The molecule has 1 heterocycles. The molecule has 1 rings (SSSR count). The molecule has 30 heavy (non-hydrogen) atoms. The second-order valence-corrected chi connectivity index (χ2v) is 9.56. The molecule has 5 nitrogen and oxygen atoms in total. The Balaban J connectivity index is 2.46. The maximum Gasteiger partial charge on any atom is 0.334 e. The normalized spacial score (nSPS) is 20.6. The number of unbranched alkanes of at least 4 members (excludes halogenated alkanes) is 7. The first-order valence-electron chi connectivity index (χ1n) is 11.9. The summed E-state index contributed by atoms with van der Waals surface area (Å²) in [6.45, 7) is 10.2. The van der Waals surface area contributed by atoms with E-state index in [0.29, 0.717) is 30.3 Å². The summed E-state index contributed by atoms with van der Waals surface area (Å²) in [5.74, 6) is 0.313. The van der Waals surface area contributed by atoms with Gasteiger partial charge in [-0.1, -0.05) is 79.2 Å². The van der Waals surface area contributed by atoms with E-state index in [2.05, 4.69) is 34.6 Å². The number of esters is 2. The lowest BCUT2D eigenvalue weighted by molar-refractivity contribution is -0.167. The maximum atomic E-state index is 12.3. The first kappa shape index (κ1) is 26.7. The number of hydrogen-bond acceptors (Lipinski definition) is 5. The molecule has 0 aromatic heterocycles. The number of aliphatic hydroxyl groups excluding tert-OH is 1. The third kappa shape index (κ3) is 9.20. The monoisotopic (exact) mass is 424 g/mol. The van der Waals surface area contributed by atoms with Crippen molar-refractivity contribution in [1.29, 1.82) is 0 Å². The van der Waals surface area contributed by atoms with Crippen LogP contribution in [0.1, 0.15) is 98.8 Å². The van der Waals surface area contributed by atoms with E-state index in [1.54, 1.807) is 0 Å². The van der Waals surface area contributed by atoms with Crippen LogP contribution >= 0.6 is 0 Å². The van der Waals surface area contributed by atoms with E-state index in [-0.39, 0.29) is 25.1 Å². The summed E-state index contributed by atoms with van der Waals surface area (Å²) in [6, 6.07) is 0. The van der Waals surface area contributed by atoms with Crippen molar-refractivity contribution in [3.05, 3.63) is 11.6 Å². The van der Waals surface area contributed by atoms with E-state index < -0.39 is 11.6 Å². The van der Waals surface area contributed by atoms with Gasteiger partial charge in [-0.2, -0.15) is 0 Å². The summed E-state index contributed by atoms with van der Waals surface area (Å²) in [6.07, 6.45) is 12.0. The average molecular weight is 425 g/mol. The molecule has 1 fully saturated rings. The van der Waals surface area contributed by atoms with Crippen LogP contribution in [0, 0.1) is 17.8 Å². The van der Waals surface area contributed by atoms with Crippen LogP contribution in [0.3, 0.4) is 0 Å². The van der Waals surface area contributed by atoms with E-state index in [0.717, 1.165) is 19.3 Å². The SMILES string of the molecule is CCCCCCCCC/C=C1/CC(CO)(COC(=O)CC(C(C)C)C(C)C)OC1=O. The van der Waals surface area contributed by atoms with Gasteiger partial charge in [0.05, 0.1) is 6.61 Å². The van der Waals surface area contributed by atoms with Crippen molar-refractivity contribution in [3.63, 3.8) is 0 Å². The van der Waals surface area contributed by atoms with Gasteiger partial charge in [0.25, 0.3) is 0 Å². The zero-order valence-corrected chi connectivity index (χ0v) is 19.9. The minimum atomic E-state index is -1.14. The fourth-order valence-corrected chi connectivity index (χ4v) is 4.17. The Kier molecular flexibility index (Phi) is 12.3. The molecule has 1 N–H and O–H groups in total. The number of cyclic esters (lactones) is 1. The average Bonchev–Trinajstić information content (AvgIpc) is 3.02. The standard InChI is InChI=1S/C25H44O5/c1-6-7-8-9-10-11-12-13-14-21-16-25(17-26,30-24(21)28)18-29-23(27)15-22(19(2)3)20(4)5/h14,19-20,22,26H,6-13,15-18H2,1-5H3/b21-14-. The van der Waals surface area contributed by atoms with E-state index >= 15 is 0 Å². The molecule has 0 radical (unpaired) electrons. The van der Waals surface area contributed by atoms with Crippen molar-refractivity contribution < 1.29 is 24.2 Å². The molecule has 1 aliphatic heterocycles. The Morgan fingerprint density at radius 3 is 2.27 bits per heavy atom. The second-order valence-electron chi connectivity index (χ2n) is 9.56. The Labute approximate surface area is 183 Å². The highest BCUT2D eigenvalue weighted by atomic mass is 16.6. The van der Waals surface area contributed by atoms with Crippen LogP contribution in [-0.4, -0.2) is 35.9 Å². The second kappa shape index (κ2) is 13.8. The number of aliphatic hydroxyl groups is 1. The Hall–Kier alpha value is -1.36. The van der Waals surface area contributed by atoms with Crippen LogP contribution in [0.5, 0.6) is 0 Å². The first-order valence-corrected chi connectivity index (χ1v) is 11.9. The van der Waals surface area contributed by atoms with Gasteiger partial charge in [0.15, 0.2) is 5.60 Å². The minimum absolute atomic E-state index is 0.0915. The maximum absolute atomic E-state index is 12.3. The molecule has 0 aromatic carbocycles. The van der Waals surface area contributed by atoms with Crippen molar-refractivity contribution >= 4 is 11.9 Å². The number of carbonyl (C=O) groups excluding carboxylic acids is 2. The van der Waals surface area contributed by atoms with Crippen LogP contribution in [-0.2, 0) is 19.1 Å². The zero-order chi connectivity index (χ0) is 22.6. The Bertz CT molecular complexity index is 544. The van der Waals surface area contributed by atoms with Crippen molar-refractivity contribution in [1.82, 2.24) is 0 Å². The molecule has 5 heteroatoms. The summed E-state index contributed by atoms with van der Waals surface area (Å²) in [5.41, 5.74) is -0.544.